The summed E-state index contributed by atoms with van der Waals surface area (Å²) < 4.78 is 43.6. The van der Waals surface area contributed by atoms with E-state index in [1.165, 1.54) is 12.3 Å². The fourth-order valence-electron chi connectivity index (χ4n) is 3.87. The molecule has 2 aliphatic rings. The second kappa shape index (κ2) is 9.25. The number of thioether (sulfide) groups is 1. The van der Waals surface area contributed by atoms with Gasteiger partial charge in [0, 0.05) is 48.0 Å². The minimum absolute atomic E-state index is 0.0575. The summed E-state index contributed by atoms with van der Waals surface area (Å²) in [6.07, 6.45) is 4.95. The van der Waals surface area contributed by atoms with Gasteiger partial charge in [0.05, 0.1) is 23.8 Å². The van der Waals surface area contributed by atoms with Crippen LogP contribution in [0.3, 0.4) is 0 Å². The van der Waals surface area contributed by atoms with E-state index < -0.39 is 10.0 Å². The number of benzene rings is 1. The minimum atomic E-state index is -3.64. The summed E-state index contributed by atoms with van der Waals surface area (Å²) in [7, 11) is -3.64. The van der Waals surface area contributed by atoms with E-state index in [0.29, 0.717) is 43.3 Å². The van der Waals surface area contributed by atoms with Crippen molar-refractivity contribution in [1.82, 2.24) is 9.71 Å². The second-order valence-corrected chi connectivity index (χ2v) is 12.3. The molecule has 0 radical (unpaired) electrons. The van der Waals surface area contributed by atoms with Crippen molar-refractivity contribution in [1.29, 1.82) is 0 Å². The van der Waals surface area contributed by atoms with E-state index in [9.17, 15) is 12.8 Å². The molecule has 1 N–H and O–H groups in total. The Morgan fingerprint density at radius 3 is 2.52 bits per heavy atom. The lowest BCUT2D eigenvalue weighted by atomic mass is 10.2. The summed E-state index contributed by atoms with van der Waals surface area (Å²) in [5.41, 5.74) is 1.43. The highest BCUT2D eigenvalue weighted by molar-refractivity contribution is 9.10. The van der Waals surface area contributed by atoms with Gasteiger partial charge in [-0.3, -0.25) is 4.98 Å². The van der Waals surface area contributed by atoms with E-state index in [1.54, 1.807) is 18.3 Å². The molecule has 1 saturated heterocycles. The number of hydrogen-bond donors (Lipinski definition) is 1. The lowest BCUT2D eigenvalue weighted by Crippen LogP contribution is -2.47. The molecule has 6 nitrogen and oxygen atoms in total. The number of pyridine rings is 1. The zero-order valence-corrected chi connectivity index (χ0v) is 20.6. The molecule has 168 valence electrons. The van der Waals surface area contributed by atoms with Crippen molar-refractivity contribution < 1.29 is 12.8 Å². The first-order valence-electron chi connectivity index (χ1n) is 10.4. The maximum Gasteiger partial charge on any atom is 0.242 e. The molecule has 1 aliphatic heterocycles. The Balaban J connectivity index is 1.50. The predicted molar refractivity (Wildman–Crippen MR) is 128 cm³/mol. The fraction of sp³-hybridized carbons (Fsp3) is 0.476. The molecule has 1 aromatic heterocycles. The van der Waals surface area contributed by atoms with Gasteiger partial charge in [0.25, 0.3) is 0 Å². The standard InChI is InChI=1S/C21H26BrFN4O2S2/c1-2-30-21(5-6-21)15-25-31(28,29)20-4-3-16(22)11-19(20)27-9-7-26(8-10-27)18-12-17(23)13-24-14-18/h3-4,11-14,25H,2,5-10,15H2,1H3. The Labute approximate surface area is 195 Å². The van der Waals surface area contributed by atoms with Crippen LogP contribution < -0.4 is 14.5 Å². The Morgan fingerprint density at radius 1 is 1.16 bits per heavy atom. The van der Waals surface area contributed by atoms with Crippen LogP contribution in [-0.2, 0) is 10.0 Å². The molecule has 31 heavy (non-hydrogen) atoms. The molecular formula is C21H26BrFN4O2S2. The van der Waals surface area contributed by atoms with Crippen LogP contribution in [0.25, 0.3) is 0 Å². The van der Waals surface area contributed by atoms with Crippen molar-refractivity contribution in [3.05, 3.63) is 46.9 Å². The highest BCUT2D eigenvalue weighted by Gasteiger charge is 2.43. The smallest absolute Gasteiger partial charge is 0.242 e. The van der Waals surface area contributed by atoms with Crippen molar-refractivity contribution >= 4 is 49.1 Å². The SMILES string of the molecule is CCSC1(CNS(=O)(=O)c2ccc(Br)cc2N2CCN(c3cncc(F)c3)CC2)CC1. The number of hydrogen-bond acceptors (Lipinski definition) is 6. The van der Waals surface area contributed by atoms with E-state index in [-0.39, 0.29) is 10.6 Å². The van der Waals surface area contributed by atoms with Gasteiger partial charge in [0.2, 0.25) is 10.0 Å². The van der Waals surface area contributed by atoms with Crippen molar-refractivity contribution in [2.45, 2.75) is 29.4 Å². The van der Waals surface area contributed by atoms with E-state index in [1.807, 2.05) is 17.8 Å². The largest absolute Gasteiger partial charge is 0.367 e. The molecular weight excluding hydrogens is 503 g/mol. The third-order valence-corrected chi connectivity index (χ3v) is 9.12. The number of anilines is 2. The molecule has 0 spiro atoms. The third kappa shape index (κ3) is 5.35. The molecule has 0 unspecified atom stereocenters. The number of aromatic nitrogens is 1. The summed E-state index contributed by atoms with van der Waals surface area (Å²) in [6, 6.07) is 6.77. The average Bonchev–Trinajstić information content (AvgIpc) is 3.52. The van der Waals surface area contributed by atoms with Crippen LogP contribution in [0.15, 0.2) is 46.0 Å². The van der Waals surface area contributed by atoms with Crippen molar-refractivity contribution in [3.8, 4) is 0 Å². The third-order valence-electron chi connectivity index (χ3n) is 5.73. The summed E-state index contributed by atoms with van der Waals surface area (Å²) in [5, 5.41) is 0. The molecule has 1 aliphatic carbocycles. The van der Waals surface area contributed by atoms with Gasteiger partial charge < -0.3 is 9.80 Å². The highest BCUT2D eigenvalue weighted by Crippen LogP contribution is 2.48. The van der Waals surface area contributed by atoms with Crippen LogP contribution in [0.4, 0.5) is 15.8 Å². The molecule has 2 aromatic rings. The van der Waals surface area contributed by atoms with Crippen LogP contribution in [0.5, 0.6) is 0 Å². The second-order valence-electron chi connectivity index (χ2n) is 7.89. The van der Waals surface area contributed by atoms with Gasteiger partial charge in [-0.2, -0.15) is 11.8 Å². The van der Waals surface area contributed by atoms with Crippen molar-refractivity contribution in [2.24, 2.45) is 0 Å². The summed E-state index contributed by atoms with van der Waals surface area (Å²) in [5.74, 6) is 0.622. The normalized spacial score (nSPS) is 18.3. The molecule has 0 bridgehead atoms. The molecule has 1 saturated carbocycles. The molecule has 2 fully saturated rings. The van der Waals surface area contributed by atoms with Crippen LogP contribution in [0.1, 0.15) is 19.8 Å². The lowest BCUT2D eigenvalue weighted by molar-refractivity contribution is 0.577. The predicted octanol–water partition coefficient (Wildman–Crippen LogP) is 3.87. The molecule has 4 rings (SSSR count). The maximum absolute atomic E-state index is 13.5. The number of nitrogens with zero attached hydrogens (tertiary/aromatic N) is 3. The van der Waals surface area contributed by atoms with Gasteiger partial charge in [-0.25, -0.2) is 17.5 Å². The minimum Gasteiger partial charge on any atom is -0.367 e. The van der Waals surface area contributed by atoms with Crippen LogP contribution in [0, 0.1) is 5.82 Å². The highest BCUT2D eigenvalue weighted by atomic mass is 79.9. The van der Waals surface area contributed by atoms with E-state index in [2.05, 4.69) is 42.4 Å². The number of rotatable bonds is 8. The van der Waals surface area contributed by atoms with Gasteiger partial charge in [-0.05, 0) is 36.8 Å². The molecule has 0 amide bonds. The zero-order chi connectivity index (χ0) is 22.1. The number of sulfonamides is 1. The zero-order valence-electron chi connectivity index (χ0n) is 17.4. The lowest BCUT2D eigenvalue weighted by Gasteiger charge is -2.38. The van der Waals surface area contributed by atoms with Crippen molar-refractivity contribution in [2.75, 3.05) is 48.3 Å². The summed E-state index contributed by atoms with van der Waals surface area (Å²) in [6.45, 7) is 5.13. The molecule has 1 aromatic carbocycles. The number of nitrogens with one attached hydrogen (secondary N) is 1. The van der Waals surface area contributed by atoms with Crippen LogP contribution in [0.2, 0.25) is 0 Å². The number of halogens is 2. The molecule has 0 atom stereocenters. The van der Waals surface area contributed by atoms with Gasteiger partial charge in [0.15, 0.2) is 0 Å². The molecule has 10 heteroatoms. The first-order valence-corrected chi connectivity index (χ1v) is 13.6. The first kappa shape index (κ1) is 22.8. The van der Waals surface area contributed by atoms with Gasteiger partial charge in [0.1, 0.15) is 10.7 Å². The van der Waals surface area contributed by atoms with Gasteiger partial charge in [-0.15, -0.1) is 0 Å². The van der Waals surface area contributed by atoms with E-state index in [0.717, 1.165) is 28.8 Å². The van der Waals surface area contributed by atoms with Gasteiger partial charge in [-0.1, -0.05) is 22.9 Å². The quantitative estimate of drug-likeness (QED) is 0.560. The fourth-order valence-corrected chi connectivity index (χ4v) is 6.82. The topological polar surface area (TPSA) is 65.5 Å². The Kier molecular flexibility index (Phi) is 6.81. The van der Waals surface area contributed by atoms with Crippen molar-refractivity contribution in [3.63, 3.8) is 0 Å². The van der Waals surface area contributed by atoms with E-state index >= 15 is 0 Å². The maximum atomic E-state index is 13.5. The molecule has 2 heterocycles. The Morgan fingerprint density at radius 2 is 1.87 bits per heavy atom. The van der Waals surface area contributed by atoms with Gasteiger partial charge >= 0.3 is 0 Å². The first-order chi connectivity index (χ1) is 14.8. The summed E-state index contributed by atoms with van der Waals surface area (Å²) in [4.78, 5) is 8.37. The Bertz CT molecular complexity index is 1040. The monoisotopic (exact) mass is 528 g/mol. The van der Waals surface area contributed by atoms with E-state index in [4.69, 9.17) is 0 Å². The van der Waals surface area contributed by atoms with Crippen LogP contribution >= 0.6 is 27.7 Å². The number of piperazine rings is 1. The van der Waals surface area contributed by atoms with Crippen LogP contribution in [-0.4, -0.2) is 56.6 Å². The Hall–Kier alpha value is -1.36. The summed E-state index contributed by atoms with van der Waals surface area (Å²) >= 11 is 5.31. The average molecular weight is 530 g/mol.